The molecular weight excluding hydrogens is 238 g/mol. The Hall–Kier alpha value is -0.870. The molecule has 1 aromatic rings. The van der Waals surface area contributed by atoms with Crippen LogP contribution in [0.15, 0.2) is 0 Å². The second-order valence-electron chi connectivity index (χ2n) is 4.26. The van der Waals surface area contributed by atoms with Crippen LogP contribution in [0.4, 0.5) is 5.82 Å². The summed E-state index contributed by atoms with van der Waals surface area (Å²) in [5.41, 5.74) is 0.875. The lowest BCUT2D eigenvalue weighted by molar-refractivity contribution is 0.266. The fourth-order valence-corrected chi connectivity index (χ4v) is 1.64. The molecule has 0 aliphatic rings. The minimum Gasteiger partial charge on any atom is -0.396 e. The van der Waals surface area contributed by atoms with Crippen LogP contribution in [0.25, 0.3) is 0 Å². The second-order valence-corrected chi connectivity index (χ2v) is 4.61. The van der Waals surface area contributed by atoms with Gasteiger partial charge in [0, 0.05) is 25.1 Å². The lowest BCUT2D eigenvalue weighted by Crippen LogP contribution is -2.15. The molecule has 0 saturated carbocycles. The summed E-state index contributed by atoms with van der Waals surface area (Å²) in [4.78, 5) is 8.60. The first-order valence-electron chi connectivity index (χ1n) is 5.96. The van der Waals surface area contributed by atoms with Gasteiger partial charge in [-0.05, 0) is 19.3 Å². The van der Waals surface area contributed by atoms with Gasteiger partial charge in [0.05, 0.1) is 0 Å². The molecule has 17 heavy (non-hydrogen) atoms. The quantitative estimate of drug-likeness (QED) is 0.769. The van der Waals surface area contributed by atoms with E-state index in [0.717, 1.165) is 36.6 Å². The molecular formula is C12H20ClN3O. The average molecular weight is 258 g/mol. The summed E-state index contributed by atoms with van der Waals surface area (Å²) < 4.78 is 0. The first-order valence-corrected chi connectivity index (χ1v) is 6.34. The number of nitrogens with one attached hydrogen (secondary N) is 1. The van der Waals surface area contributed by atoms with E-state index in [-0.39, 0.29) is 6.61 Å². The fourth-order valence-electron chi connectivity index (χ4n) is 1.46. The third kappa shape index (κ3) is 4.13. The third-order valence-electron chi connectivity index (χ3n) is 2.69. The van der Waals surface area contributed by atoms with E-state index < -0.39 is 0 Å². The number of hydrogen-bond donors (Lipinski definition) is 2. The molecule has 1 heterocycles. The van der Waals surface area contributed by atoms with Crippen LogP contribution >= 0.6 is 11.6 Å². The zero-order valence-corrected chi connectivity index (χ0v) is 11.4. The van der Waals surface area contributed by atoms with Crippen LogP contribution in [-0.4, -0.2) is 28.2 Å². The maximum absolute atomic E-state index is 8.84. The molecule has 96 valence electrons. The predicted octanol–water partition coefficient (Wildman–Crippen LogP) is 2.43. The van der Waals surface area contributed by atoms with Gasteiger partial charge in [0.1, 0.15) is 16.8 Å². The van der Waals surface area contributed by atoms with Crippen LogP contribution in [0.5, 0.6) is 0 Å². The standard InChI is InChI=1S/C12H20ClN3O/c1-4-10-15-11(13)9(3)12(16-10)14-7-8(2)5-6-17/h8,17H,4-7H2,1-3H3,(H,14,15,16). The number of rotatable bonds is 6. The van der Waals surface area contributed by atoms with E-state index in [2.05, 4.69) is 22.2 Å². The van der Waals surface area contributed by atoms with Crippen LogP contribution in [0.1, 0.15) is 31.7 Å². The van der Waals surface area contributed by atoms with Crippen molar-refractivity contribution < 1.29 is 5.11 Å². The number of anilines is 1. The molecule has 0 aliphatic carbocycles. The van der Waals surface area contributed by atoms with Gasteiger partial charge >= 0.3 is 0 Å². The summed E-state index contributed by atoms with van der Waals surface area (Å²) in [7, 11) is 0. The van der Waals surface area contributed by atoms with E-state index in [0.29, 0.717) is 11.1 Å². The van der Waals surface area contributed by atoms with E-state index in [4.69, 9.17) is 16.7 Å². The fraction of sp³-hybridized carbons (Fsp3) is 0.667. The molecule has 1 unspecified atom stereocenters. The molecule has 0 fully saturated rings. The number of halogens is 1. The molecule has 1 atom stereocenters. The molecule has 0 aromatic carbocycles. The maximum Gasteiger partial charge on any atom is 0.137 e. The lowest BCUT2D eigenvalue weighted by Gasteiger charge is -2.14. The molecule has 0 aliphatic heterocycles. The zero-order valence-electron chi connectivity index (χ0n) is 10.6. The lowest BCUT2D eigenvalue weighted by atomic mass is 10.1. The van der Waals surface area contributed by atoms with Crippen molar-refractivity contribution in [1.82, 2.24) is 9.97 Å². The van der Waals surface area contributed by atoms with Crippen molar-refractivity contribution in [2.24, 2.45) is 5.92 Å². The highest BCUT2D eigenvalue weighted by Gasteiger charge is 2.09. The molecule has 2 N–H and O–H groups in total. The average Bonchev–Trinajstić information content (AvgIpc) is 2.31. The van der Waals surface area contributed by atoms with Crippen LogP contribution in [0, 0.1) is 12.8 Å². The SMILES string of the molecule is CCc1nc(Cl)c(C)c(NCC(C)CCO)n1. The minimum atomic E-state index is 0.215. The number of aliphatic hydroxyl groups is 1. The third-order valence-corrected chi connectivity index (χ3v) is 3.06. The molecule has 0 spiro atoms. The van der Waals surface area contributed by atoms with Gasteiger partial charge in [-0.25, -0.2) is 9.97 Å². The first kappa shape index (κ1) is 14.2. The largest absolute Gasteiger partial charge is 0.396 e. The van der Waals surface area contributed by atoms with E-state index in [1.54, 1.807) is 0 Å². The Balaban J connectivity index is 2.72. The first-order chi connectivity index (χ1) is 8.08. The summed E-state index contributed by atoms with van der Waals surface area (Å²) >= 11 is 6.04. The van der Waals surface area contributed by atoms with Crippen molar-refractivity contribution in [3.8, 4) is 0 Å². The molecule has 0 amide bonds. The van der Waals surface area contributed by atoms with Crippen molar-refractivity contribution in [2.45, 2.75) is 33.6 Å². The Bertz CT molecular complexity index is 371. The van der Waals surface area contributed by atoms with Gasteiger partial charge in [0.15, 0.2) is 0 Å². The minimum absolute atomic E-state index is 0.215. The topological polar surface area (TPSA) is 58.0 Å². The van der Waals surface area contributed by atoms with E-state index in [9.17, 15) is 0 Å². The Morgan fingerprint density at radius 3 is 2.71 bits per heavy atom. The van der Waals surface area contributed by atoms with Gasteiger partial charge < -0.3 is 10.4 Å². The van der Waals surface area contributed by atoms with E-state index >= 15 is 0 Å². The van der Waals surface area contributed by atoms with Gasteiger partial charge in [0.25, 0.3) is 0 Å². The Kier molecular flexibility index (Phi) is 5.65. The molecule has 4 nitrogen and oxygen atoms in total. The van der Waals surface area contributed by atoms with Gasteiger partial charge in [-0.1, -0.05) is 25.4 Å². The molecule has 1 aromatic heterocycles. The van der Waals surface area contributed by atoms with Gasteiger partial charge in [0.2, 0.25) is 0 Å². The summed E-state index contributed by atoms with van der Waals surface area (Å²) in [6, 6.07) is 0. The Labute approximate surface area is 107 Å². The van der Waals surface area contributed by atoms with Crippen molar-refractivity contribution in [3.05, 3.63) is 16.5 Å². The predicted molar refractivity (Wildman–Crippen MR) is 70.5 cm³/mol. The highest BCUT2D eigenvalue weighted by atomic mass is 35.5. The van der Waals surface area contributed by atoms with Gasteiger partial charge in [-0.3, -0.25) is 0 Å². The summed E-state index contributed by atoms with van der Waals surface area (Å²) in [5, 5.41) is 12.6. The monoisotopic (exact) mass is 257 g/mol. The Morgan fingerprint density at radius 1 is 1.41 bits per heavy atom. The number of aromatic nitrogens is 2. The van der Waals surface area contributed by atoms with E-state index in [1.807, 2.05) is 13.8 Å². The molecule has 0 saturated heterocycles. The number of hydrogen-bond acceptors (Lipinski definition) is 4. The van der Waals surface area contributed by atoms with Crippen LogP contribution in [-0.2, 0) is 6.42 Å². The number of nitrogens with zero attached hydrogens (tertiary/aromatic N) is 2. The highest BCUT2D eigenvalue weighted by Crippen LogP contribution is 2.20. The second kappa shape index (κ2) is 6.77. The van der Waals surface area contributed by atoms with Crippen LogP contribution < -0.4 is 5.32 Å². The van der Waals surface area contributed by atoms with Gasteiger partial charge in [-0.15, -0.1) is 0 Å². The highest BCUT2D eigenvalue weighted by molar-refractivity contribution is 6.30. The van der Waals surface area contributed by atoms with Crippen LogP contribution in [0.3, 0.4) is 0 Å². The van der Waals surface area contributed by atoms with Crippen molar-refractivity contribution in [1.29, 1.82) is 0 Å². The smallest absolute Gasteiger partial charge is 0.137 e. The Morgan fingerprint density at radius 2 is 2.12 bits per heavy atom. The normalized spacial score (nSPS) is 12.5. The van der Waals surface area contributed by atoms with Crippen molar-refractivity contribution in [3.63, 3.8) is 0 Å². The molecule has 1 rings (SSSR count). The van der Waals surface area contributed by atoms with Gasteiger partial charge in [-0.2, -0.15) is 0 Å². The summed E-state index contributed by atoms with van der Waals surface area (Å²) in [5.74, 6) is 1.95. The zero-order chi connectivity index (χ0) is 12.8. The van der Waals surface area contributed by atoms with Crippen molar-refractivity contribution >= 4 is 17.4 Å². The summed E-state index contributed by atoms with van der Waals surface area (Å²) in [6.45, 7) is 6.98. The molecule has 5 heteroatoms. The number of aryl methyl sites for hydroxylation is 1. The van der Waals surface area contributed by atoms with Crippen molar-refractivity contribution in [2.75, 3.05) is 18.5 Å². The molecule has 0 radical (unpaired) electrons. The number of aliphatic hydroxyl groups excluding tert-OH is 1. The maximum atomic E-state index is 8.84. The van der Waals surface area contributed by atoms with E-state index in [1.165, 1.54) is 0 Å². The molecule has 0 bridgehead atoms. The summed E-state index contributed by atoms with van der Waals surface area (Å²) in [6.07, 6.45) is 1.55. The van der Waals surface area contributed by atoms with Crippen LogP contribution in [0.2, 0.25) is 5.15 Å².